The van der Waals surface area contributed by atoms with Crippen molar-refractivity contribution in [3.63, 3.8) is 0 Å². The molecule has 10 nitrogen and oxygen atoms in total. The number of rotatable bonds is 41. The molecule has 56 heavy (non-hydrogen) atoms. The molecule has 0 rings (SSSR count). The monoisotopic (exact) mass is 810 g/mol. The van der Waals surface area contributed by atoms with Crippen LogP contribution >= 0.6 is 7.82 Å². The van der Waals surface area contributed by atoms with Crippen molar-refractivity contribution < 1.29 is 42.7 Å². The van der Waals surface area contributed by atoms with E-state index >= 15 is 0 Å². The smallest absolute Gasteiger partial charge is 0.472 e. The number of carbonyl (C=O) groups excluding carboxylic acids is 1. The first-order chi connectivity index (χ1) is 27.2. The van der Waals surface area contributed by atoms with Gasteiger partial charge in [0.25, 0.3) is 0 Å². The number of phosphoric acid groups is 1. The minimum absolute atomic E-state index is 0.00176. The molecule has 0 spiro atoms. The van der Waals surface area contributed by atoms with E-state index in [1.165, 1.54) is 64.2 Å². The molecule has 0 bridgehead atoms. The van der Waals surface area contributed by atoms with Crippen LogP contribution in [-0.2, 0) is 32.7 Å². The Morgan fingerprint density at radius 2 is 1.00 bits per heavy atom. The summed E-state index contributed by atoms with van der Waals surface area (Å²) in [5.41, 5.74) is 5.35. The van der Waals surface area contributed by atoms with Crippen LogP contribution in [0.5, 0.6) is 0 Å². The van der Waals surface area contributed by atoms with E-state index in [1.54, 1.807) is 0 Å². The molecule has 0 amide bonds. The Labute approximate surface area is 341 Å². The molecular weight excluding hydrogens is 729 g/mol. The van der Waals surface area contributed by atoms with Crippen molar-refractivity contribution in [2.75, 3.05) is 26.4 Å². The number of hydrogen-bond donors (Lipinski definition) is 3. The van der Waals surface area contributed by atoms with Crippen molar-refractivity contribution in [1.82, 2.24) is 0 Å². The zero-order valence-electron chi connectivity index (χ0n) is 35.2. The molecule has 4 N–H and O–H groups in total. The summed E-state index contributed by atoms with van der Waals surface area (Å²) in [6, 6.07) is -1.48. The van der Waals surface area contributed by atoms with Crippen molar-refractivity contribution in [2.24, 2.45) is 5.73 Å². The second kappa shape index (κ2) is 40.9. The van der Waals surface area contributed by atoms with Gasteiger partial charge < -0.3 is 25.2 Å². The zero-order chi connectivity index (χ0) is 41.2. The van der Waals surface area contributed by atoms with E-state index in [0.717, 1.165) is 83.5 Å². The lowest BCUT2D eigenvalue weighted by molar-refractivity contribution is -0.154. The predicted octanol–water partition coefficient (Wildman–Crippen LogP) is 12.0. The largest absolute Gasteiger partial charge is 0.480 e. The van der Waals surface area contributed by atoms with Gasteiger partial charge in [0.05, 0.1) is 19.8 Å². The molecule has 3 atom stereocenters. The van der Waals surface area contributed by atoms with Crippen LogP contribution in [-0.4, -0.2) is 60.5 Å². The molecule has 0 aromatic carbocycles. The van der Waals surface area contributed by atoms with Gasteiger partial charge in [-0.15, -0.1) is 0 Å². The summed E-state index contributed by atoms with van der Waals surface area (Å²) in [7, 11) is -4.62. The van der Waals surface area contributed by atoms with E-state index in [1.807, 2.05) is 0 Å². The third-order valence-corrected chi connectivity index (χ3v) is 9.97. The van der Waals surface area contributed by atoms with Crippen molar-refractivity contribution >= 4 is 19.8 Å². The number of nitrogens with two attached hydrogens (primary N) is 1. The first-order valence-corrected chi connectivity index (χ1v) is 23.3. The van der Waals surface area contributed by atoms with E-state index in [0.29, 0.717) is 13.0 Å². The predicted molar refractivity (Wildman–Crippen MR) is 231 cm³/mol. The molecular formula is C45H80NO9P. The molecule has 11 heteroatoms. The van der Waals surface area contributed by atoms with Gasteiger partial charge in [0, 0.05) is 13.0 Å². The highest BCUT2D eigenvalue weighted by Crippen LogP contribution is 2.43. The Balaban J connectivity index is 4.29. The quantitative estimate of drug-likeness (QED) is 0.0235. The average molecular weight is 810 g/mol. The van der Waals surface area contributed by atoms with Crippen molar-refractivity contribution in [2.45, 2.75) is 187 Å². The Morgan fingerprint density at radius 1 is 0.571 bits per heavy atom. The van der Waals surface area contributed by atoms with Crippen LogP contribution in [0.15, 0.2) is 60.8 Å². The highest BCUT2D eigenvalue weighted by molar-refractivity contribution is 7.47. The molecule has 0 aliphatic heterocycles. The molecule has 0 saturated heterocycles. The van der Waals surface area contributed by atoms with Crippen LogP contribution in [0.25, 0.3) is 0 Å². The van der Waals surface area contributed by atoms with Gasteiger partial charge in [0.1, 0.15) is 12.1 Å². The first kappa shape index (κ1) is 53.7. The average Bonchev–Trinajstić information content (AvgIpc) is 3.18. The normalized spacial score (nSPS) is 14.5. The van der Waals surface area contributed by atoms with E-state index in [9.17, 15) is 19.0 Å². The summed E-state index contributed by atoms with van der Waals surface area (Å²) in [5.74, 6) is -1.80. The molecule has 3 unspecified atom stereocenters. The Hall–Kier alpha value is -2.33. The molecule has 0 saturated carbocycles. The number of aliphatic carboxylic acids is 1. The van der Waals surface area contributed by atoms with Crippen LogP contribution < -0.4 is 5.73 Å². The van der Waals surface area contributed by atoms with Crippen LogP contribution in [0.3, 0.4) is 0 Å². The van der Waals surface area contributed by atoms with Crippen LogP contribution in [0.2, 0.25) is 0 Å². The van der Waals surface area contributed by atoms with Crippen LogP contribution in [0.4, 0.5) is 0 Å². The van der Waals surface area contributed by atoms with Crippen molar-refractivity contribution in [3.05, 3.63) is 60.8 Å². The number of carboxylic acids is 1. The summed E-state index contributed by atoms with van der Waals surface area (Å²) in [4.78, 5) is 33.5. The topological polar surface area (TPSA) is 155 Å². The Bertz CT molecular complexity index is 1120. The lowest BCUT2D eigenvalue weighted by Gasteiger charge is -2.20. The number of allylic oxidation sites excluding steroid dienone is 10. The highest BCUT2D eigenvalue weighted by Gasteiger charge is 2.27. The molecule has 0 fully saturated rings. The number of ether oxygens (including phenoxy) is 2. The third kappa shape index (κ3) is 39.9. The van der Waals surface area contributed by atoms with Gasteiger partial charge in [-0.2, -0.15) is 0 Å². The summed E-state index contributed by atoms with van der Waals surface area (Å²) in [6.45, 7) is 3.76. The fraction of sp³-hybridized carbons (Fsp3) is 0.733. The summed E-state index contributed by atoms with van der Waals surface area (Å²) in [6.07, 6.45) is 48.3. The molecule has 0 aromatic heterocycles. The van der Waals surface area contributed by atoms with Gasteiger partial charge in [-0.25, -0.2) is 4.57 Å². The van der Waals surface area contributed by atoms with E-state index < -0.39 is 45.1 Å². The van der Waals surface area contributed by atoms with Crippen LogP contribution in [0, 0.1) is 0 Å². The van der Waals surface area contributed by atoms with E-state index in [2.05, 4.69) is 74.6 Å². The molecule has 0 heterocycles. The summed E-state index contributed by atoms with van der Waals surface area (Å²) >= 11 is 0. The SMILES string of the molecule is CCCC/C=C\C/C=C\CCCCCCCCOCC(COP(=O)(O)OCC(N)C(=O)O)OC(=O)CCCCCCCC/C=C\C/C=C\C/C=C\CCCCC. The molecule has 0 aromatic rings. The molecule has 0 aliphatic rings. The highest BCUT2D eigenvalue weighted by atomic mass is 31.2. The number of carbonyl (C=O) groups is 2. The lowest BCUT2D eigenvalue weighted by Crippen LogP contribution is -2.34. The number of unbranched alkanes of at least 4 members (excludes halogenated alkanes) is 17. The summed E-state index contributed by atoms with van der Waals surface area (Å²) < 4.78 is 33.3. The molecule has 0 aliphatic carbocycles. The minimum Gasteiger partial charge on any atom is -0.480 e. The number of esters is 1. The maximum Gasteiger partial charge on any atom is 0.472 e. The second-order valence-electron chi connectivity index (χ2n) is 14.5. The maximum atomic E-state index is 12.6. The van der Waals surface area contributed by atoms with Gasteiger partial charge in [-0.1, -0.05) is 152 Å². The second-order valence-corrected chi connectivity index (χ2v) is 15.9. The number of hydrogen-bond acceptors (Lipinski definition) is 8. The standard InChI is InChI=1S/C45H80NO9P/c1-3-5-7-9-11-13-15-17-19-20-21-22-23-25-27-29-31-33-35-37-44(47)55-42(40-53-56(50,51)54-41-43(46)45(48)49)39-52-38-36-34-32-30-28-26-24-18-16-14-12-10-8-6-4-2/h10-13,16-19,21-22,42-43H,3-9,14-15,20,23-41,46H2,1-2H3,(H,48,49)(H,50,51)/b12-10-,13-11-,18-16-,19-17-,22-21-. The van der Waals surface area contributed by atoms with Gasteiger partial charge in [0.15, 0.2) is 0 Å². The zero-order valence-corrected chi connectivity index (χ0v) is 36.1. The number of phosphoric ester groups is 1. The Morgan fingerprint density at radius 3 is 1.52 bits per heavy atom. The molecule has 324 valence electrons. The van der Waals surface area contributed by atoms with Gasteiger partial charge >= 0.3 is 19.8 Å². The van der Waals surface area contributed by atoms with E-state index in [4.69, 9.17) is 29.4 Å². The fourth-order valence-corrected chi connectivity index (χ4v) is 6.34. The first-order valence-electron chi connectivity index (χ1n) is 21.8. The fourth-order valence-electron chi connectivity index (χ4n) is 5.57. The number of carboxylic acid groups (broad SMARTS) is 1. The Kier molecular flexibility index (Phi) is 39.2. The van der Waals surface area contributed by atoms with Gasteiger partial charge in [-0.05, 0) is 77.0 Å². The van der Waals surface area contributed by atoms with E-state index in [-0.39, 0.29) is 13.0 Å². The summed E-state index contributed by atoms with van der Waals surface area (Å²) in [5, 5.41) is 8.89. The van der Waals surface area contributed by atoms with Crippen LogP contribution in [0.1, 0.15) is 174 Å². The lowest BCUT2D eigenvalue weighted by atomic mass is 10.1. The third-order valence-electron chi connectivity index (χ3n) is 9.02. The minimum atomic E-state index is -4.62. The van der Waals surface area contributed by atoms with Crippen molar-refractivity contribution in [3.8, 4) is 0 Å². The van der Waals surface area contributed by atoms with Gasteiger partial charge in [0.2, 0.25) is 0 Å². The van der Waals surface area contributed by atoms with Crippen molar-refractivity contribution in [1.29, 1.82) is 0 Å². The maximum absolute atomic E-state index is 12.6. The van der Waals surface area contributed by atoms with Gasteiger partial charge in [-0.3, -0.25) is 18.6 Å². The molecule has 0 radical (unpaired) electrons.